The van der Waals surface area contributed by atoms with Gasteiger partial charge in [0, 0.05) is 12.1 Å². The molecular formula is C22H24N6O4. The van der Waals surface area contributed by atoms with Crippen LogP contribution in [-0.2, 0) is 4.79 Å². The first-order chi connectivity index (χ1) is 15.4. The van der Waals surface area contributed by atoms with E-state index in [4.69, 9.17) is 6.57 Å². The molecule has 0 bridgehead atoms. The number of aromatic amines is 2. The van der Waals surface area contributed by atoms with Crippen LogP contribution in [0.2, 0.25) is 0 Å². The van der Waals surface area contributed by atoms with Crippen LogP contribution in [0.1, 0.15) is 37.0 Å². The van der Waals surface area contributed by atoms with Crippen molar-refractivity contribution in [2.24, 2.45) is 4.99 Å². The van der Waals surface area contributed by atoms with E-state index in [1.54, 1.807) is 24.3 Å². The lowest BCUT2D eigenvalue weighted by Crippen LogP contribution is -2.30. The van der Waals surface area contributed by atoms with Crippen LogP contribution in [0.5, 0.6) is 5.88 Å². The minimum Gasteiger partial charge on any atom is -0.494 e. The molecule has 10 heteroatoms. The van der Waals surface area contributed by atoms with Gasteiger partial charge in [0.2, 0.25) is 5.88 Å². The second-order valence-electron chi connectivity index (χ2n) is 7.08. The third-order valence-electron chi connectivity index (χ3n) is 5.20. The number of hydrogen-bond donors (Lipinski definition) is 4. The average molecular weight is 436 g/mol. The van der Waals surface area contributed by atoms with Crippen molar-refractivity contribution in [1.82, 2.24) is 20.2 Å². The summed E-state index contributed by atoms with van der Waals surface area (Å²) in [5.74, 6) is -1.20. The molecular weight excluding hydrogens is 412 g/mol. The molecule has 1 aliphatic heterocycles. The number of carbonyl (C=O) groups excluding carboxylic acids is 1. The second kappa shape index (κ2) is 9.89. The Bertz CT molecular complexity index is 1240. The number of hydrogen-bond acceptors (Lipinski definition) is 6. The predicted molar refractivity (Wildman–Crippen MR) is 120 cm³/mol. The molecule has 4 N–H and O–H groups in total. The van der Waals surface area contributed by atoms with Gasteiger partial charge >= 0.3 is 5.69 Å². The molecule has 166 valence electrons. The lowest BCUT2D eigenvalue weighted by atomic mass is 10.00. The third kappa shape index (κ3) is 4.53. The first-order valence-corrected chi connectivity index (χ1v) is 10.3. The SMILES string of the molecule is [C-]#[N+]/C(C(=O)NCCCN(CC)CC)=C1/N=C(c2c(O)[nH]c(=O)[nH]c2=O)c2ccccc21. The van der Waals surface area contributed by atoms with Crippen molar-refractivity contribution in [3.05, 3.63) is 78.9 Å². The Morgan fingerprint density at radius 3 is 2.50 bits per heavy atom. The highest BCUT2D eigenvalue weighted by molar-refractivity contribution is 6.23. The van der Waals surface area contributed by atoms with Crippen molar-refractivity contribution in [2.45, 2.75) is 20.3 Å². The van der Waals surface area contributed by atoms with Crippen LogP contribution >= 0.6 is 0 Å². The Balaban J connectivity index is 1.97. The predicted octanol–water partition coefficient (Wildman–Crippen LogP) is 1.06. The molecule has 0 aliphatic carbocycles. The van der Waals surface area contributed by atoms with E-state index >= 15 is 0 Å². The molecule has 1 aliphatic rings. The molecule has 32 heavy (non-hydrogen) atoms. The number of benzene rings is 1. The maximum atomic E-state index is 12.7. The summed E-state index contributed by atoms with van der Waals surface area (Å²) >= 11 is 0. The number of carbonyl (C=O) groups is 1. The Morgan fingerprint density at radius 2 is 1.88 bits per heavy atom. The molecule has 1 aromatic heterocycles. The highest BCUT2D eigenvalue weighted by Crippen LogP contribution is 2.34. The smallest absolute Gasteiger partial charge is 0.328 e. The summed E-state index contributed by atoms with van der Waals surface area (Å²) in [4.78, 5) is 50.7. The lowest BCUT2D eigenvalue weighted by Gasteiger charge is -2.17. The summed E-state index contributed by atoms with van der Waals surface area (Å²) in [6.45, 7) is 14.8. The molecule has 3 rings (SSSR count). The van der Waals surface area contributed by atoms with Crippen molar-refractivity contribution >= 4 is 17.3 Å². The number of nitrogens with zero attached hydrogens (tertiary/aromatic N) is 3. The molecule has 1 amide bonds. The van der Waals surface area contributed by atoms with Crippen LogP contribution in [0.3, 0.4) is 0 Å². The molecule has 1 aromatic carbocycles. The van der Waals surface area contributed by atoms with Crippen molar-refractivity contribution < 1.29 is 9.90 Å². The fourth-order valence-corrected chi connectivity index (χ4v) is 3.53. The van der Waals surface area contributed by atoms with Crippen LogP contribution in [0, 0.1) is 6.57 Å². The number of H-pyrrole nitrogens is 2. The quantitative estimate of drug-likeness (QED) is 0.279. The van der Waals surface area contributed by atoms with E-state index in [2.05, 4.69) is 43.9 Å². The van der Waals surface area contributed by atoms with Gasteiger partial charge in [0.05, 0.1) is 18.0 Å². The lowest BCUT2D eigenvalue weighted by molar-refractivity contribution is -0.117. The van der Waals surface area contributed by atoms with Gasteiger partial charge in [0.25, 0.3) is 17.2 Å². The van der Waals surface area contributed by atoms with E-state index < -0.39 is 23.0 Å². The highest BCUT2D eigenvalue weighted by Gasteiger charge is 2.29. The number of fused-ring (bicyclic) bond motifs is 1. The Kier molecular flexibility index (Phi) is 7.02. The summed E-state index contributed by atoms with van der Waals surface area (Å²) in [7, 11) is 0. The van der Waals surface area contributed by atoms with Crippen molar-refractivity contribution in [1.29, 1.82) is 0 Å². The Morgan fingerprint density at radius 1 is 1.19 bits per heavy atom. The number of rotatable bonds is 8. The largest absolute Gasteiger partial charge is 0.494 e. The molecule has 0 unspecified atom stereocenters. The van der Waals surface area contributed by atoms with E-state index in [0.717, 1.165) is 26.1 Å². The number of nitrogens with one attached hydrogen (secondary N) is 3. The van der Waals surface area contributed by atoms with Crippen molar-refractivity contribution in [2.75, 3.05) is 26.2 Å². The zero-order valence-corrected chi connectivity index (χ0v) is 17.9. The zero-order valence-electron chi connectivity index (χ0n) is 17.9. The van der Waals surface area contributed by atoms with Gasteiger partial charge in [0.1, 0.15) is 5.56 Å². The number of amides is 1. The summed E-state index contributed by atoms with van der Waals surface area (Å²) < 4.78 is 0. The van der Waals surface area contributed by atoms with Gasteiger partial charge in [-0.1, -0.05) is 38.1 Å². The van der Waals surface area contributed by atoms with Gasteiger partial charge < -0.3 is 15.3 Å². The van der Waals surface area contributed by atoms with Crippen LogP contribution in [0.4, 0.5) is 0 Å². The standard InChI is InChI=1S/C22H24N6O4/c1-4-28(5-2)12-8-11-24-21(31)18(23-3)17-14-10-7-6-9-13(14)16(25-17)15-19(29)26-22(32)27-20(15)30/h6-7,9-10H,4-5,8,11-12H2,1-2H3,(H,24,31)(H3,26,27,29,30,32)/b18-17+. The molecule has 2 aromatic rings. The third-order valence-corrected chi connectivity index (χ3v) is 5.20. The fourth-order valence-electron chi connectivity index (χ4n) is 3.53. The second-order valence-corrected chi connectivity index (χ2v) is 7.08. The maximum Gasteiger partial charge on any atom is 0.328 e. The zero-order chi connectivity index (χ0) is 23.3. The van der Waals surface area contributed by atoms with Crippen LogP contribution in [-0.4, -0.2) is 57.8 Å². The normalized spacial score (nSPS) is 14.0. The molecule has 0 spiro atoms. The van der Waals surface area contributed by atoms with E-state index in [9.17, 15) is 19.5 Å². The minimum absolute atomic E-state index is 0.0704. The average Bonchev–Trinajstić information content (AvgIpc) is 3.13. The minimum atomic E-state index is -0.857. The molecule has 0 saturated carbocycles. The monoisotopic (exact) mass is 436 g/mol. The van der Waals surface area contributed by atoms with Gasteiger partial charge in [0.15, 0.2) is 0 Å². The van der Waals surface area contributed by atoms with E-state index in [-0.39, 0.29) is 22.7 Å². The first kappa shape index (κ1) is 22.7. The molecule has 0 saturated heterocycles. The van der Waals surface area contributed by atoms with Crippen molar-refractivity contribution in [3.63, 3.8) is 0 Å². The van der Waals surface area contributed by atoms with Crippen LogP contribution in [0.25, 0.3) is 10.5 Å². The van der Waals surface area contributed by atoms with Gasteiger partial charge in [-0.15, -0.1) is 0 Å². The number of aromatic nitrogens is 2. The van der Waals surface area contributed by atoms with Gasteiger partial charge in [-0.05, 0) is 31.6 Å². The van der Waals surface area contributed by atoms with E-state index in [1.165, 1.54) is 0 Å². The fraction of sp³-hybridized carbons (Fsp3) is 0.318. The molecule has 0 atom stereocenters. The van der Waals surface area contributed by atoms with Crippen LogP contribution in [0.15, 0.2) is 44.5 Å². The van der Waals surface area contributed by atoms with Gasteiger partial charge in [-0.3, -0.25) is 24.5 Å². The highest BCUT2D eigenvalue weighted by atomic mass is 16.3. The first-order valence-electron chi connectivity index (χ1n) is 10.3. The number of aliphatic imine (C=N–C) groups is 1. The Labute approximate surface area is 184 Å². The van der Waals surface area contributed by atoms with Gasteiger partial charge in [-0.2, -0.15) is 0 Å². The van der Waals surface area contributed by atoms with Crippen molar-refractivity contribution in [3.8, 4) is 5.88 Å². The van der Waals surface area contributed by atoms with E-state index in [0.29, 0.717) is 17.7 Å². The van der Waals surface area contributed by atoms with E-state index in [1.807, 2.05) is 0 Å². The summed E-state index contributed by atoms with van der Waals surface area (Å²) in [5, 5.41) is 12.9. The summed E-state index contributed by atoms with van der Waals surface area (Å²) in [6, 6.07) is 6.77. The number of aromatic hydroxyl groups is 1. The molecule has 0 radical (unpaired) electrons. The molecule has 2 heterocycles. The maximum absolute atomic E-state index is 12.7. The topological polar surface area (TPSA) is 135 Å². The summed E-state index contributed by atoms with van der Waals surface area (Å²) in [6.07, 6.45) is 0.736. The molecule has 0 fully saturated rings. The Hall–Kier alpha value is -3.97. The molecule has 10 nitrogen and oxygen atoms in total. The summed E-state index contributed by atoms with van der Waals surface area (Å²) in [5.41, 5.74) is -1.01. The van der Waals surface area contributed by atoms with Crippen LogP contribution < -0.4 is 16.6 Å². The van der Waals surface area contributed by atoms with Gasteiger partial charge in [-0.25, -0.2) is 9.64 Å².